The quantitative estimate of drug-likeness (QED) is 0.742. The van der Waals surface area contributed by atoms with Crippen molar-refractivity contribution >= 4 is 0 Å². The Morgan fingerprint density at radius 1 is 0.647 bits per heavy atom. The van der Waals surface area contributed by atoms with Crippen molar-refractivity contribution in [2.45, 2.75) is 20.8 Å². The second-order valence-corrected chi connectivity index (χ2v) is 4.62. The molecule has 2 rings (SSSR count). The fourth-order valence-electron chi connectivity index (χ4n) is 2.17. The van der Waals surface area contributed by atoms with Gasteiger partial charge >= 0.3 is 0 Å². The van der Waals surface area contributed by atoms with Crippen molar-refractivity contribution in [3.63, 3.8) is 0 Å². The van der Waals surface area contributed by atoms with E-state index in [0.29, 0.717) is 0 Å². The standard InChI is InChI=1S/C16H18O/c1-11-5-12(2)7-14(6-11)15-8-13(3)9-16(10-15)17-4/h5-10H,1-4H3. The Bertz CT molecular complexity index is 521. The first kappa shape index (κ1) is 11.7. The van der Waals surface area contributed by atoms with Gasteiger partial charge in [0, 0.05) is 0 Å². The molecule has 1 heteroatoms. The number of hydrogen-bond acceptors (Lipinski definition) is 1. The van der Waals surface area contributed by atoms with Gasteiger partial charge in [0.15, 0.2) is 0 Å². The maximum atomic E-state index is 5.32. The third kappa shape index (κ3) is 2.68. The van der Waals surface area contributed by atoms with Gasteiger partial charge in [-0.3, -0.25) is 0 Å². The van der Waals surface area contributed by atoms with E-state index in [9.17, 15) is 0 Å². The van der Waals surface area contributed by atoms with Crippen molar-refractivity contribution in [3.05, 3.63) is 53.1 Å². The first-order valence-electron chi connectivity index (χ1n) is 5.83. The van der Waals surface area contributed by atoms with Crippen LogP contribution >= 0.6 is 0 Å². The number of ether oxygens (including phenoxy) is 1. The van der Waals surface area contributed by atoms with E-state index in [1.807, 2.05) is 6.07 Å². The molecule has 0 saturated carbocycles. The average molecular weight is 226 g/mol. The fraction of sp³-hybridized carbons (Fsp3) is 0.250. The number of hydrogen-bond donors (Lipinski definition) is 0. The summed E-state index contributed by atoms with van der Waals surface area (Å²) in [4.78, 5) is 0. The Labute approximate surface area is 103 Å². The Morgan fingerprint density at radius 3 is 1.65 bits per heavy atom. The van der Waals surface area contributed by atoms with Gasteiger partial charge in [-0.15, -0.1) is 0 Å². The van der Waals surface area contributed by atoms with Crippen LogP contribution in [0.1, 0.15) is 16.7 Å². The molecule has 0 aliphatic heterocycles. The molecule has 0 radical (unpaired) electrons. The van der Waals surface area contributed by atoms with Gasteiger partial charge in [0.25, 0.3) is 0 Å². The summed E-state index contributed by atoms with van der Waals surface area (Å²) in [5.74, 6) is 0.916. The first-order chi connectivity index (χ1) is 8.08. The van der Waals surface area contributed by atoms with E-state index >= 15 is 0 Å². The molecule has 0 aliphatic rings. The molecule has 0 aromatic heterocycles. The average Bonchev–Trinajstić information content (AvgIpc) is 2.26. The van der Waals surface area contributed by atoms with Gasteiger partial charge in [-0.25, -0.2) is 0 Å². The van der Waals surface area contributed by atoms with Gasteiger partial charge in [-0.05, 0) is 49.6 Å². The number of methoxy groups -OCH3 is 1. The van der Waals surface area contributed by atoms with E-state index in [1.165, 1.54) is 27.8 Å². The molecule has 0 fully saturated rings. The third-order valence-electron chi connectivity index (χ3n) is 2.84. The van der Waals surface area contributed by atoms with E-state index in [1.54, 1.807) is 7.11 Å². The van der Waals surface area contributed by atoms with Gasteiger partial charge in [-0.1, -0.05) is 35.4 Å². The molecule has 0 heterocycles. The minimum atomic E-state index is 0.916. The van der Waals surface area contributed by atoms with Crippen molar-refractivity contribution in [3.8, 4) is 16.9 Å². The smallest absolute Gasteiger partial charge is 0.119 e. The highest BCUT2D eigenvalue weighted by atomic mass is 16.5. The number of rotatable bonds is 2. The lowest BCUT2D eigenvalue weighted by Gasteiger charge is -2.09. The lowest BCUT2D eigenvalue weighted by Crippen LogP contribution is -1.87. The van der Waals surface area contributed by atoms with Gasteiger partial charge in [-0.2, -0.15) is 0 Å². The maximum absolute atomic E-state index is 5.32. The van der Waals surface area contributed by atoms with Crippen LogP contribution in [0.3, 0.4) is 0 Å². The fourth-order valence-corrected chi connectivity index (χ4v) is 2.17. The summed E-state index contributed by atoms with van der Waals surface area (Å²) in [7, 11) is 1.71. The van der Waals surface area contributed by atoms with Crippen molar-refractivity contribution < 1.29 is 4.74 Å². The van der Waals surface area contributed by atoms with Crippen molar-refractivity contribution in [1.82, 2.24) is 0 Å². The molecule has 0 N–H and O–H groups in total. The van der Waals surface area contributed by atoms with Gasteiger partial charge in [0.05, 0.1) is 7.11 Å². The summed E-state index contributed by atoms with van der Waals surface area (Å²) in [6, 6.07) is 12.9. The minimum Gasteiger partial charge on any atom is -0.497 e. The number of benzene rings is 2. The van der Waals surface area contributed by atoms with E-state index < -0.39 is 0 Å². The monoisotopic (exact) mass is 226 g/mol. The molecule has 17 heavy (non-hydrogen) atoms. The van der Waals surface area contributed by atoms with Crippen LogP contribution in [-0.4, -0.2) is 7.11 Å². The molecule has 0 atom stereocenters. The third-order valence-corrected chi connectivity index (χ3v) is 2.84. The van der Waals surface area contributed by atoms with E-state index in [2.05, 4.69) is 51.1 Å². The topological polar surface area (TPSA) is 9.23 Å². The zero-order valence-electron chi connectivity index (χ0n) is 10.9. The zero-order valence-corrected chi connectivity index (χ0v) is 10.9. The van der Waals surface area contributed by atoms with E-state index in [0.717, 1.165) is 5.75 Å². The molecule has 0 aliphatic carbocycles. The largest absolute Gasteiger partial charge is 0.497 e. The molecule has 1 nitrogen and oxygen atoms in total. The molecule has 0 amide bonds. The second kappa shape index (κ2) is 4.62. The van der Waals surface area contributed by atoms with Gasteiger partial charge in [0.1, 0.15) is 5.75 Å². The van der Waals surface area contributed by atoms with E-state index in [-0.39, 0.29) is 0 Å². The second-order valence-electron chi connectivity index (χ2n) is 4.62. The van der Waals surface area contributed by atoms with Crippen molar-refractivity contribution in [1.29, 1.82) is 0 Å². The highest BCUT2D eigenvalue weighted by Crippen LogP contribution is 2.27. The van der Waals surface area contributed by atoms with Crippen molar-refractivity contribution in [2.75, 3.05) is 7.11 Å². The van der Waals surface area contributed by atoms with Crippen LogP contribution in [0.15, 0.2) is 36.4 Å². The highest BCUT2D eigenvalue weighted by Gasteiger charge is 2.03. The molecule has 88 valence electrons. The molecule has 0 unspecified atom stereocenters. The predicted octanol–water partition coefficient (Wildman–Crippen LogP) is 4.29. The van der Waals surface area contributed by atoms with Crippen LogP contribution < -0.4 is 4.74 Å². The van der Waals surface area contributed by atoms with E-state index in [4.69, 9.17) is 4.74 Å². The summed E-state index contributed by atoms with van der Waals surface area (Å²) in [6.45, 7) is 6.35. The summed E-state index contributed by atoms with van der Waals surface area (Å²) in [6.07, 6.45) is 0. The van der Waals surface area contributed by atoms with Gasteiger partial charge < -0.3 is 4.74 Å². The molecule has 0 spiro atoms. The maximum Gasteiger partial charge on any atom is 0.119 e. The summed E-state index contributed by atoms with van der Waals surface area (Å²) in [5, 5.41) is 0. The van der Waals surface area contributed by atoms with Crippen LogP contribution in [0.4, 0.5) is 0 Å². The lowest BCUT2D eigenvalue weighted by molar-refractivity contribution is 0.414. The predicted molar refractivity (Wildman–Crippen MR) is 72.6 cm³/mol. The minimum absolute atomic E-state index is 0.916. The normalized spacial score (nSPS) is 10.4. The molecule has 2 aromatic carbocycles. The van der Waals surface area contributed by atoms with Crippen LogP contribution in [0.25, 0.3) is 11.1 Å². The van der Waals surface area contributed by atoms with Gasteiger partial charge in [0.2, 0.25) is 0 Å². The molecule has 2 aromatic rings. The van der Waals surface area contributed by atoms with Crippen molar-refractivity contribution in [2.24, 2.45) is 0 Å². The Hall–Kier alpha value is -1.76. The number of aryl methyl sites for hydroxylation is 3. The first-order valence-corrected chi connectivity index (χ1v) is 5.83. The summed E-state index contributed by atoms with van der Waals surface area (Å²) < 4.78 is 5.32. The molecular weight excluding hydrogens is 208 g/mol. The van der Waals surface area contributed by atoms with Crippen LogP contribution in [-0.2, 0) is 0 Å². The summed E-state index contributed by atoms with van der Waals surface area (Å²) in [5.41, 5.74) is 6.28. The van der Waals surface area contributed by atoms with Crippen LogP contribution in [0.2, 0.25) is 0 Å². The Balaban J connectivity index is 2.55. The van der Waals surface area contributed by atoms with Crippen LogP contribution in [0.5, 0.6) is 5.75 Å². The molecule has 0 bridgehead atoms. The molecule has 0 saturated heterocycles. The Morgan fingerprint density at radius 2 is 1.12 bits per heavy atom. The molecular formula is C16H18O. The SMILES string of the molecule is COc1cc(C)cc(-c2cc(C)cc(C)c2)c1. The highest BCUT2D eigenvalue weighted by molar-refractivity contribution is 5.67. The zero-order chi connectivity index (χ0) is 12.4. The lowest BCUT2D eigenvalue weighted by atomic mass is 9.99. The summed E-state index contributed by atoms with van der Waals surface area (Å²) >= 11 is 0. The van der Waals surface area contributed by atoms with Crippen LogP contribution in [0, 0.1) is 20.8 Å². The Kier molecular flexibility index (Phi) is 3.19.